The number of likely N-dealkylation sites (tertiary alicyclic amines) is 1. The summed E-state index contributed by atoms with van der Waals surface area (Å²) in [5.41, 5.74) is 5.50. The van der Waals surface area contributed by atoms with Crippen LogP contribution < -0.4 is 9.47 Å². The minimum absolute atomic E-state index is 0.0735. The van der Waals surface area contributed by atoms with E-state index in [1.807, 2.05) is 43.0 Å². The van der Waals surface area contributed by atoms with Gasteiger partial charge in [0.2, 0.25) is 5.91 Å². The topological polar surface area (TPSA) is 51.9 Å². The van der Waals surface area contributed by atoms with Crippen molar-refractivity contribution in [2.24, 2.45) is 0 Å². The standard InChI is InChI=1S/C27H31NO4/c1-18(14-25(29)28-12-7-5-6-8-13-28)22-16-23-24(20-10-9-11-21(15-20)30-3)17-32-27(23)19(2)26(22)31-4/h9-11,14-17H,5-8,12-13H2,1-4H3/b18-14+. The van der Waals surface area contributed by atoms with Gasteiger partial charge in [0, 0.05) is 41.2 Å². The molecule has 4 rings (SSSR count). The molecule has 0 atom stereocenters. The number of benzene rings is 2. The van der Waals surface area contributed by atoms with E-state index in [4.69, 9.17) is 13.9 Å². The molecule has 0 bridgehead atoms. The Bertz CT molecular complexity index is 1150. The van der Waals surface area contributed by atoms with Crippen LogP contribution in [0.2, 0.25) is 0 Å². The summed E-state index contributed by atoms with van der Waals surface area (Å²) in [5, 5.41) is 0.988. The van der Waals surface area contributed by atoms with Crippen LogP contribution in [0.3, 0.4) is 0 Å². The molecule has 168 valence electrons. The maximum atomic E-state index is 13.0. The third-order valence-electron chi connectivity index (χ3n) is 6.31. The summed E-state index contributed by atoms with van der Waals surface area (Å²) in [6.07, 6.45) is 8.07. The predicted octanol–water partition coefficient (Wildman–Crippen LogP) is 6.23. The molecule has 32 heavy (non-hydrogen) atoms. The molecule has 2 aromatic carbocycles. The highest BCUT2D eigenvalue weighted by Crippen LogP contribution is 2.41. The Hall–Kier alpha value is -3.21. The van der Waals surface area contributed by atoms with Gasteiger partial charge < -0.3 is 18.8 Å². The van der Waals surface area contributed by atoms with E-state index in [2.05, 4.69) is 6.07 Å². The van der Waals surface area contributed by atoms with E-state index < -0.39 is 0 Å². The number of methoxy groups -OCH3 is 2. The molecule has 0 saturated carbocycles. The van der Waals surface area contributed by atoms with Gasteiger partial charge in [0.25, 0.3) is 0 Å². The molecule has 1 fully saturated rings. The zero-order valence-corrected chi connectivity index (χ0v) is 19.4. The highest BCUT2D eigenvalue weighted by atomic mass is 16.5. The summed E-state index contributed by atoms with van der Waals surface area (Å²) >= 11 is 0. The second kappa shape index (κ2) is 9.51. The minimum Gasteiger partial charge on any atom is -0.497 e. The Morgan fingerprint density at radius 2 is 1.81 bits per heavy atom. The summed E-state index contributed by atoms with van der Waals surface area (Å²) in [6, 6.07) is 10.00. The van der Waals surface area contributed by atoms with Crippen molar-refractivity contribution in [3.05, 3.63) is 53.8 Å². The quantitative estimate of drug-likeness (QED) is 0.448. The number of aryl methyl sites for hydroxylation is 1. The van der Waals surface area contributed by atoms with Gasteiger partial charge in [-0.15, -0.1) is 0 Å². The van der Waals surface area contributed by atoms with Crippen molar-refractivity contribution >= 4 is 22.4 Å². The fourth-order valence-corrected chi connectivity index (χ4v) is 4.53. The molecule has 1 saturated heterocycles. The third-order valence-corrected chi connectivity index (χ3v) is 6.31. The van der Waals surface area contributed by atoms with Crippen molar-refractivity contribution < 1.29 is 18.7 Å². The summed E-state index contributed by atoms with van der Waals surface area (Å²) in [5.74, 6) is 1.60. The molecular formula is C27H31NO4. The largest absolute Gasteiger partial charge is 0.497 e. The number of nitrogens with zero attached hydrogens (tertiary/aromatic N) is 1. The minimum atomic E-state index is 0.0735. The summed E-state index contributed by atoms with van der Waals surface area (Å²) in [7, 11) is 3.32. The van der Waals surface area contributed by atoms with Gasteiger partial charge in [-0.2, -0.15) is 0 Å². The van der Waals surface area contributed by atoms with Crippen molar-refractivity contribution in [1.29, 1.82) is 0 Å². The van der Waals surface area contributed by atoms with E-state index in [-0.39, 0.29) is 5.91 Å². The second-order valence-corrected chi connectivity index (χ2v) is 8.41. The Balaban J connectivity index is 1.78. The fraction of sp³-hybridized carbons (Fsp3) is 0.370. The summed E-state index contributed by atoms with van der Waals surface area (Å²) < 4.78 is 17.1. The van der Waals surface area contributed by atoms with Crippen LogP contribution in [0.15, 0.2) is 47.1 Å². The number of ether oxygens (including phenoxy) is 2. The molecule has 1 aliphatic heterocycles. The summed E-state index contributed by atoms with van der Waals surface area (Å²) in [6.45, 7) is 5.64. The first-order chi connectivity index (χ1) is 15.5. The number of amides is 1. The molecule has 0 N–H and O–H groups in total. The van der Waals surface area contributed by atoms with Crippen molar-refractivity contribution in [2.45, 2.75) is 39.5 Å². The first-order valence-corrected chi connectivity index (χ1v) is 11.2. The van der Waals surface area contributed by atoms with Crippen LogP contribution in [0.4, 0.5) is 0 Å². The molecular weight excluding hydrogens is 402 g/mol. The van der Waals surface area contributed by atoms with E-state index in [0.29, 0.717) is 0 Å². The molecule has 2 heterocycles. The number of rotatable bonds is 5. The second-order valence-electron chi connectivity index (χ2n) is 8.41. The van der Waals surface area contributed by atoms with Gasteiger partial charge >= 0.3 is 0 Å². The summed E-state index contributed by atoms with van der Waals surface area (Å²) in [4.78, 5) is 14.9. The molecule has 1 aliphatic rings. The smallest absolute Gasteiger partial charge is 0.246 e. The van der Waals surface area contributed by atoms with Gasteiger partial charge in [-0.3, -0.25) is 4.79 Å². The Labute approximate surface area is 189 Å². The van der Waals surface area contributed by atoms with Gasteiger partial charge in [-0.05, 0) is 56.0 Å². The average molecular weight is 434 g/mol. The van der Waals surface area contributed by atoms with Gasteiger partial charge in [-0.25, -0.2) is 0 Å². The first-order valence-electron chi connectivity index (χ1n) is 11.2. The first kappa shape index (κ1) is 22.0. The highest BCUT2D eigenvalue weighted by Gasteiger charge is 2.20. The zero-order chi connectivity index (χ0) is 22.7. The molecule has 0 radical (unpaired) electrons. The number of fused-ring (bicyclic) bond motifs is 1. The fourth-order valence-electron chi connectivity index (χ4n) is 4.53. The van der Waals surface area contributed by atoms with Gasteiger partial charge in [0.1, 0.15) is 17.1 Å². The van der Waals surface area contributed by atoms with Crippen LogP contribution >= 0.6 is 0 Å². The number of carbonyl (C=O) groups is 1. The highest BCUT2D eigenvalue weighted by molar-refractivity contribution is 6.01. The predicted molar refractivity (Wildman–Crippen MR) is 128 cm³/mol. The van der Waals surface area contributed by atoms with Crippen LogP contribution in [0, 0.1) is 6.92 Å². The molecule has 3 aromatic rings. The maximum absolute atomic E-state index is 13.0. The van der Waals surface area contributed by atoms with Crippen LogP contribution in [-0.2, 0) is 4.79 Å². The normalized spacial score (nSPS) is 15.0. The van der Waals surface area contributed by atoms with Gasteiger partial charge in [0.05, 0.1) is 20.5 Å². The SMILES string of the molecule is COc1cccc(-c2coc3c(C)c(OC)c(/C(C)=C/C(=O)N4CCCCCC4)cc23)c1. The lowest BCUT2D eigenvalue weighted by Crippen LogP contribution is -2.30. The molecule has 5 heteroatoms. The number of furan rings is 1. The zero-order valence-electron chi connectivity index (χ0n) is 19.4. The van der Waals surface area contributed by atoms with Crippen molar-refractivity contribution in [3.63, 3.8) is 0 Å². The molecule has 0 unspecified atom stereocenters. The van der Waals surface area contributed by atoms with Crippen molar-refractivity contribution in [1.82, 2.24) is 4.90 Å². The molecule has 5 nitrogen and oxygen atoms in total. The third kappa shape index (κ3) is 4.24. The van der Waals surface area contributed by atoms with Crippen LogP contribution in [-0.4, -0.2) is 38.1 Å². The number of hydrogen-bond acceptors (Lipinski definition) is 4. The number of allylic oxidation sites excluding steroid dienone is 1. The Morgan fingerprint density at radius 3 is 2.50 bits per heavy atom. The van der Waals surface area contributed by atoms with Gasteiger partial charge in [0.15, 0.2) is 0 Å². The van der Waals surface area contributed by atoms with Crippen LogP contribution in [0.1, 0.15) is 43.7 Å². The van der Waals surface area contributed by atoms with Gasteiger partial charge in [-0.1, -0.05) is 25.0 Å². The van der Waals surface area contributed by atoms with E-state index in [1.165, 1.54) is 12.8 Å². The molecule has 1 aromatic heterocycles. The molecule has 0 aliphatic carbocycles. The van der Waals surface area contributed by atoms with Crippen LogP contribution in [0.5, 0.6) is 11.5 Å². The Morgan fingerprint density at radius 1 is 1.06 bits per heavy atom. The average Bonchev–Trinajstić information content (AvgIpc) is 3.04. The van der Waals surface area contributed by atoms with E-state index >= 15 is 0 Å². The lowest BCUT2D eigenvalue weighted by atomic mass is 9.96. The number of carbonyl (C=O) groups excluding carboxylic acids is 1. The lowest BCUT2D eigenvalue weighted by Gasteiger charge is -2.19. The molecule has 1 amide bonds. The van der Waals surface area contributed by atoms with Crippen LogP contribution in [0.25, 0.3) is 27.7 Å². The van der Waals surface area contributed by atoms with E-state index in [1.54, 1.807) is 26.6 Å². The van der Waals surface area contributed by atoms with Crippen molar-refractivity contribution in [3.8, 4) is 22.6 Å². The lowest BCUT2D eigenvalue weighted by molar-refractivity contribution is -0.125. The maximum Gasteiger partial charge on any atom is 0.246 e. The Kier molecular flexibility index (Phi) is 6.54. The van der Waals surface area contributed by atoms with E-state index in [9.17, 15) is 4.79 Å². The monoisotopic (exact) mass is 433 g/mol. The van der Waals surface area contributed by atoms with Crippen molar-refractivity contribution in [2.75, 3.05) is 27.3 Å². The van der Waals surface area contributed by atoms with E-state index in [0.717, 1.165) is 76.2 Å². The molecule has 0 spiro atoms. The number of hydrogen-bond donors (Lipinski definition) is 0.